The van der Waals surface area contributed by atoms with Crippen LogP contribution in [-0.2, 0) is 0 Å². The van der Waals surface area contributed by atoms with Crippen molar-refractivity contribution in [3.63, 3.8) is 0 Å². The number of hydrogen-bond acceptors (Lipinski definition) is 2. The van der Waals surface area contributed by atoms with Gasteiger partial charge >= 0.3 is 0 Å². The van der Waals surface area contributed by atoms with Crippen LogP contribution < -0.4 is 5.32 Å². The van der Waals surface area contributed by atoms with E-state index in [1.807, 2.05) is 10.8 Å². The Morgan fingerprint density at radius 2 is 2.28 bits per heavy atom. The van der Waals surface area contributed by atoms with Gasteiger partial charge in [-0.15, -0.1) is 0 Å². The van der Waals surface area contributed by atoms with Crippen LogP contribution in [0, 0.1) is 9.39 Å². The number of aromatic nitrogens is 2. The summed E-state index contributed by atoms with van der Waals surface area (Å²) in [6.07, 6.45) is 5.87. The number of unbranched alkanes of at least 4 members (excludes halogenated alkanes) is 1. The Labute approximate surface area is 120 Å². The quantitative estimate of drug-likeness (QED) is 0.650. The molecule has 1 heterocycles. The van der Waals surface area contributed by atoms with Gasteiger partial charge in [0.15, 0.2) is 0 Å². The molecule has 0 saturated carbocycles. The minimum absolute atomic E-state index is 0.219. The van der Waals surface area contributed by atoms with Crippen molar-refractivity contribution in [1.82, 2.24) is 9.55 Å². The number of benzene rings is 1. The van der Waals surface area contributed by atoms with Crippen molar-refractivity contribution in [2.24, 2.45) is 0 Å². The van der Waals surface area contributed by atoms with Gasteiger partial charge in [0.2, 0.25) is 5.95 Å². The van der Waals surface area contributed by atoms with Gasteiger partial charge in [-0.1, -0.05) is 13.3 Å². The zero-order valence-electron chi connectivity index (χ0n) is 10.2. The molecule has 2 rings (SSSR count). The summed E-state index contributed by atoms with van der Waals surface area (Å²) in [5.74, 6) is 0.580. The molecule has 0 spiro atoms. The Morgan fingerprint density at radius 3 is 3.00 bits per heavy atom. The van der Waals surface area contributed by atoms with E-state index in [1.54, 1.807) is 12.3 Å². The van der Waals surface area contributed by atoms with E-state index in [9.17, 15) is 4.39 Å². The summed E-state index contributed by atoms with van der Waals surface area (Å²) in [6, 6.07) is 4.75. The van der Waals surface area contributed by atoms with Crippen LogP contribution in [0.25, 0.3) is 5.69 Å². The topological polar surface area (TPSA) is 29.9 Å². The molecule has 2 aromatic rings. The molecule has 96 valence electrons. The average Bonchev–Trinajstić information content (AvgIpc) is 2.78. The van der Waals surface area contributed by atoms with Crippen LogP contribution in [0.3, 0.4) is 0 Å². The van der Waals surface area contributed by atoms with E-state index in [4.69, 9.17) is 0 Å². The molecule has 0 saturated heterocycles. The molecule has 0 bridgehead atoms. The summed E-state index contributed by atoms with van der Waals surface area (Å²) in [7, 11) is 0. The highest BCUT2D eigenvalue weighted by Crippen LogP contribution is 2.21. The van der Waals surface area contributed by atoms with E-state index in [0.717, 1.165) is 34.6 Å². The van der Waals surface area contributed by atoms with Crippen molar-refractivity contribution < 1.29 is 4.39 Å². The van der Waals surface area contributed by atoms with Gasteiger partial charge in [-0.05, 0) is 47.2 Å². The third kappa shape index (κ3) is 3.01. The highest BCUT2D eigenvalue weighted by atomic mass is 127. The number of nitrogens with one attached hydrogen (secondary N) is 1. The lowest BCUT2D eigenvalue weighted by molar-refractivity contribution is 0.626. The van der Waals surface area contributed by atoms with Crippen LogP contribution in [-0.4, -0.2) is 16.1 Å². The minimum atomic E-state index is -0.219. The molecule has 1 N–H and O–H groups in total. The highest BCUT2D eigenvalue weighted by molar-refractivity contribution is 14.1. The lowest BCUT2D eigenvalue weighted by atomic mass is 10.3. The summed E-state index contributed by atoms with van der Waals surface area (Å²) >= 11 is 2.13. The zero-order valence-corrected chi connectivity index (χ0v) is 12.3. The second-order valence-corrected chi connectivity index (χ2v) is 5.16. The molecule has 3 nitrogen and oxygen atoms in total. The molecule has 1 aromatic carbocycles. The van der Waals surface area contributed by atoms with Gasteiger partial charge in [-0.25, -0.2) is 9.37 Å². The number of imidazole rings is 1. The first-order valence-electron chi connectivity index (χ1n) is 5.95. The van der Waals surface area contributed by atoms with Gasteiger partial charge in [-0.3, -0.25) is 4.57 Å². The van der Waals surface area contributed by atoms with Crippen molar-refractivity contribution in [2.45, 2.75) is 19.8 Å². The Bertz CT molecular complexity index is 525. The summed E-state index contributed by atoms with van der Waals surface area (Å²) in [4.78, 5) is 4.28. The van der Waals surface area contributed by atoms with Gasteiger partial charge in [-0.2, -0.15) is 0 Å². The first-order chi connectivity index (χ1) is 8.72. The average molecular weight is 359 g/mol. The molecule has 0 aliphatic rings. The van der Waals surface area contributed by atoms with Crippen molar-refractivity contribution in [3.05, 3.63) is 40.0 Å². The first-order valence-corrected chi connectivity index (χ1v) is 7.03. The summed E-state index contributed by atoms with van der Waals surface area (Å²) in [6.45, 7) is 3.04. The van der Waals surface area contributed by atoms with Crippen LogP contribution in [0.1, 0.15) is 19.8 Å². The van der Waals surface area contributed by atoms with Crippen molar-refractivity contribution in [1.29, 1.82) is 0 Å². The van der Waals surface area contributed by atoms with Crippen molar-refractivity contribution >= 4 is 28.5 Å². The normalized spacial score (nSPS) is 10.6. The van der Waals surface area contributed by atoms with E-state index in [-0.39, 0.29) is 5.82 Å². The van der Waals surface area contributed by atoms with Crippen molar-refractivity contribution in [3.8, 4) is 5.69 Å². The zero-order chi connectivity index (χ0) is 13.0. The highest BCUT2D eigenvalue weighted by Gasteiger charge is 2.08. The third-order valence-electron chi connectivity index (χ3n) is 2.62. The van der Waals surface area contributed by atoms with Gasteiger partial charge in [0.25, 0.3) is 0 Å². The molecule has 0 aliphatic carbocycles. The fourth-order valence-corrected chi connectivity index (χ4v) is 2.42. The first kappa shape index (κ1) is 13.3. The summed E-state index contributed by atoms with van der Waals surface area (Å²) < 4.78 is 15.9. The van der Waals surface area contributed by atoms with Gasteiger partial charge in [0, 0.05) is 22.5 Å². The number of hydrogen-bond donors (Lipinski definition) is 1. The largest absolute Gasteiger partial charge is 0.355 e. The third-order valence-corrected chi connectivity index (χ3v) is 3.49. The maximum Gasteiger partial charge on any atom is 0.207 e. The fraction of sp³-hybridized carbons (Fsp3) is 0.308. The molecule has 0 fully saturated rings. The Morgan fingerprint density at radius 1 is 1.44 bits per heavy atom. The molecule has 0 atom stereocenters. The number of halogens is 2. The maximum atomic E-state index is 13.1. The van der Waals surface area contributed by atoms with E-state index in [0.29, 0.717) is 0 Å². The molecule has 1 aromatic heterocycles. The Kier molecular flexibility index (Phi) is 4.57. The smallest absolute Gasteiger partial charge is 0.207 e. The number of anilines is 1. The lowest BCUT2D eigenvalue weighted by Gasteiger charge is -2.11. The Balaban J connectivity index is 2.25. The van der Waals surface area contributed by atoms with Crippen molar-refractivity contribution in [2.75, 3.05) is 11.9 Å². The molecule has 0 aliphatic heterocycles. The van der Waals surface area contributed by atoms with Crippen LogP contribution in [0.5, 0.6) is 0 Å². The van der Waals surface area contributed by atoms with E-state index >= 15 is 0 Å². The van der Waals surface area contributed by atoms with Crippen LogP contribution in [0.15, 0.2) is 30.6 Å². The predicted octanol–water partition coefficient (Wildman–Crippen LogP) is 3.83. The Hall–Kier alpha value is -1.11. The standard InChI is InChI=1S/C13H15FIN3/c1-2-3-6-16-13-17-7-8-18(13)12-5-4-10(14)9-11(12)15/h4-5,7-9H,2-3,6H2,1H3,(H,16,17). The predicted molar refractivity (Wildman–Crippen MR) is 79.6 cm³/mol. The summed E-state index contributed by atoms with van der Waals surface area (Å²) in [5.41, 5.74) is 0.938. The second-order valence-electron chi connectivity index (χ2n) is 4.00. The molecular formula is C13H15FIN3. The molecule has 0 amide bonds. The lowest BCUT2D eigenvalue weighted by Crippen LogP contribution is -2.08. The van der Waals surface area contributed by atoms with Gasteiger partial charge < -0.3 is 5.32 Å². The molecule has 18 heavy (non-hydrogen) atoms. The van der Waals surface area contributed by atoms with Crippen LogP contribution >= 0.6 is 22.6 Å². The molecule has 5 heteroatoms. The minimum Gasteiger partial charge on any atom is -0.355 e. The SMILES string of the molecule is CCCCNc1nccn1-c1ccc(F)cc1I. The molecule has 0 radical (unpaired) electrons. The summed E-state index contributed by atoms with van der Waals surface area (Å²) in [5, 5.41) is 3.29. The molecular weight excluding hydrogens is 344 g/mol. The fourth-order valence-electron chi connectivity index (χ4n) is 1.68. The van der Waals surface area contributed by atoms with E-state index < -0.39 is 0 Å². The van der Waals surface area contributed by atoms with Crippen LogP contribution in [0.4, 0.5) is 10.3 Å². The monoisotopic (exact) mass is 359 g/mol. The van der Waals surface area contributed by atoms with E-state index in [2.05, 4.69) is 39.8 Å². The number of rotatable bonds is 5. The van der Waals surface area contributed by atoms with Gasteiger partial charge in [0.1, 0.15) is 5.82 Å². The van der Waals surface area contributed by atoms with Gasteiger partial charge in [0.05, 0.1) is 5.69 Å². The van der Waals surface area contributed by atoms with Crippen LogP contribution in [0.2, 0.25) is 0 Å². The number of nitrogens with zero attached hydrogens (tertiary/aromatic N) is 2. The van der Waals surface area contributed by atoms with E-state index in [1.165, 1.54) is 12.1 Å². The maximum absolute atomic E-state index is 13.1. The second kappa shape index (κ2) is 6.17. The molecule has 0 unspecified atom stereocenters.